The largest absolute Gasteiger partial charge is 0.394 e. The van der Waals surface area contributed by atoms with Crippen molar-refractivity contribution in [1.29, 1.82) is 0 Å². The lowest BCUT2D eigenvalue weighted by Gasteiger charge is -2.48. The molecule has 89 heavy (non-hydrogen) atoms. The minimum atomic E-state index is -1.98. The highest BCUT2D eigenvalue weighted by molar-refractivity contribution is 5.76. The van der Waals surface area contributed by atoms with Crippen LogP contribution in [-0.2, 0) is 33.2 Å². The predicted octanol–water partition coefficient (Wildman–Crippen LogP) is 8.71. The van der Waals surface area contributed by atoms with Gasteiger partial charge in [-0.05, 0) is 83.5 Å². The van der Waals surface area contributed by atoms with Crippen LogP contribution >= 0.6 is 0 Å². The van der Waals surface area contributed by atoms with Crippen LogP contribution in [0, 0.1) is 0 Å². The Morgan fingerprint density at radius 2 is 0.787 bits per heavy atom. The summed E-state index contributed by atoms with van der Waals surface area (Å²) in [6, 6.07) is -1.000. The van der Waals surface area contributed by atoms with Crippen molar-refractivity contribution in [2.75, 3.05) is 26.4 Å². The average molecular weight is 1260 g/mol. The molecule has 0 spiro atoms. The second-order valence-corrected chi connectivity index (χ2v) is 24.2. The molecule has 3 fully saturated rings. The van der Waals surface area contributed by atoms with Crippen LogP contribution in [0.4, 0.5) is 0 Å². The number of carbonyl (C=O) groups excluding carboxylic acids is 1. The first kappa shape index (κ1) is 80.2. The second kappa shape index (κ2) is 51.4. The van der Waals surface area contributed by atoms with Gasteiger partial charge in [0.15, 0.2) is 18.9 Å². The summed E-state index contributed by atoms with van der Waals surface area (Å²) in [5.41, 5.74) is 0. The first-order chi connectivity index (χ1) is 43.3. The summed E-state index contributed by atoms with van der Waals surface area (Å²) in [4.78, 5) is 13.4. The molecule has 0 aromatic carbocycles. The van der Waals surface area contributed by atoms with Crippen molar-refractivity contribution in [2.24, 2.45) is 0 Å². The molecule has 0 aromatic heterocycles. The van der Waals surface area contributed by atoms with E-state index in [-0.39, 0.29) is 18.9 Å². The van der Waals surface area contributed by atoms with Crippen LogP contribution in [0.3, 0.4) is 0 Å². The topological polar surface area (TPSA) is 307 Å². The summed E-state index contributed by atoms with van der Waals surface area (Å²) in [5.74, 6) is -0.292. The molecule has 3 saturated heterocycles. The van der Waals surface area contributed by atoms with E-state index in [4.69, 9.17) is 28.4 Å². The van der Waals surface area contributed by atoms with Crippen molar-refractivity contribution in [3.05, 3.63) is 85.1 Å². The van der Waals surface area contributed by atoms with Gasteiger partial charge < -0.3 is 89.9 Å². The van der Waals surface area contributed by atoms with Gasteiger partial charge >= 0.3 is 0 Å². The summed E-state index contributed by atoms with van der Waals surface area (Å²) >= 11 is 0. The number of hydrogen-bond acceptors (Lipinski definition) is 18. The maximum atomic E-state index is 13.4. The summed E-state index contributed by atoms with van der Waals surface area (Å²) in [7, 11) is 0. The summed E-state index contributed by atoms with van der Waals surface area (Å²) in [6.45, 7) is 1.57. The highest BCUT2D eigenvalue weighted by Gasteiger charge is 2.53. The molecule has 3 heterocycles. The number of aliphatic hydroxyl groups is 11. The summed E-state index contributed by atoms with van der Waals surface area (Å²) in [5, 5.41) is 120. The van der Waals surface area contributed by atoms with Gasteiger partial charge in [0.25, 0.3) is 0 Å². The molecule has 0 bridgehead atoms. The van der Waals surface area contributed by atoms with Gasteiger partial charge in [0, 0.05) is 6.42 Å². The molecule has 17 unspecified atom stereocenters. The fourth-order valence-electron chi connectivity index (χ4n) is 11.1. The highest BCUT2D eigenvalue weighted by atomic mass is 16.8. The van der Waals surface area contributed by atoms with E-state index >= 15 is 0 Å². The number of nitrogens with one attached hydrogen (secondary N) is 1. The number of allylic oxidation sites excluding steroid dienone is 13. The Kier molecular flexibility index (Phi) is 46.3. The SMILES string of the molecule is CC/C=C\C/C=C\C/C=C\C/C=C\CCCCCCCCCCCCCCCCCCC(=O)NC(COC1OC(CO)C(OC2OC(CO)C(OC3OC(CO)C(O)C(O)C3O)C(O)C2O)C(O)C1O)C(O)/C=C/CC/C=C/CC/C=C/CCCCCCC. The van der Waals surface area contributed by atoms with Crippen LogP contribution < -0.4 is 5.32 Å². The lowest BCUT2D eigenvalue weighted by atomic mass is 9.96. The minimum absolute atomic E-state index is 0.229. The van der Waals surface area contributed by atoms with Crippen molar-refractivity contribution in [2.45, 2.75) is 324 Å². The Labute approximate surface area is 533 Å². The zero-order chi connectivity index (χ0) is 64.7. The molecule has 1 amide bonds. The monoisotopic (exact) mass is 1260 g/mol. The third kappa shape index (κ3) is 33.6. The highest BCUT2D eigenvalue weighted by Crippen LogP contribution is 2.33. The molecule has 514 valence electrons. The van der Waals surface area contributed by atoms with Gasteiger partial charge in [0.05, 0.1) is 38.6 Å². The van der Waals surface area contributed by atoms with E-state index in [2.05, 4.69) is 92.1 Å². The fraction of sp³-hybridized carbons (Fsp3) is 0.786. The van der Waals surface area contributed by atoms with E-state index in [0.717, 1.165) is 70.6 Å². The quantitative estimate of drug-likeness (QED) is 0.0200. The van der Waals surface area contributed by atoms with E-state index in [1.165, 1.54) is 116 Å². The first-order valence-corrected chi connectivity index (χ1v) is 34.3. The van der Waals surface area contributed by atoms with Crippen LogP contribution in [0.2, 0.25) is 0 Å². The smallest absolute Gasteiger partial charge is 0.220 e. The van der Waals surface area contributed by atoms with E-state index < -0.39 is 124 Å². The van der Waals surface area contributed by atoms with Crippen molar-refractivity contribution in [1.82, 2.24) is 5.32 Å². The van der Waals surface area contributed by atoms with Gasteiger partial charge in [-0.3, -0.25) is 4.79 Å². The Balaban J connectivity index is 1.41. The third-order valence-electron chi connectivity index (χ3n) is 16.7. The normalized spacial score (nSPS) is 28.8. The zero-order valence-corrected chi connectivity index (χ0v) is 54.1. The Morgan fingerprint density at radius 3 is 1.26 bits per heavy atom. The molecule has 3 aliphatic heterocycles. The van der Waals surface area contributed by atoms with Crippen LogP contribution in [0.15, 0.2) is 85.1 Å². The Hall–Kier alpha value is -3.03. The number of hydrogen-bond donors (Lipinski definition) is 12. The van der Waals surface area contributed by atoms with Crippen molar-refractivity contribution in [3.63, 3.8) is 0 Å². The molecular formula is C70H121NO18. The van der Waals surface area contributed by atoms with E-state index in [9.17, 15) is 61.0 Å². The molecule has 0 aliphatic carbocycles. The van der Waals surface area contributed by atoms with Crippen molar-refractivity contribution in [3.8, 4) is 0 Å². The molecule has 12 N–H and O–H groups in total. The van der Waals surface area contributed by atoms with Crippen LogP contribution in [0.5, 0.6) is 0 Å². The average Bonchev–Trinajstić information content (AvgIpc) is 2.42. The van der Waals surface area contributed by atoms with Crippen molar-refractivity contribution >= 4 is 5.91 Å². The lowest BCUT2D eigenvalue weighted by Crippen LogP contribution is -2.66. The van der Waals surface area contributed by atoms with E-state index in [1.54, 1.807) is 6.08 Å². The van der Waals surface area contributed by atoms with Gasteiger partial charge in [-0.15, -0.1) is 0 Å². The van der Waals surface area contributed by atoms with Gasteiger partial charge in [-0.1, -0.05) is 214 Å². The standard InChI is InChI=1S/C70H121NO18/c1-3-5-7-9-11-13-15-17-19-20-21-22-23-24-25-26-27-28-29-30-31-32-34-36-38-40-42-44-46-48-58(76)71-53(54(75)47-45-43-41-39-37-35-33-18-16-14-12-10-8-6-4-2)52-84-68-64(82)61(79)66(56(50-73)86-68)89-70-65(83)62(80)67(57(51-74)87-70)88-69-63(81)60(78)59(77)55(49-72)85-69/h5,7,11,13,16-19,21-22,37,39,45,47,53-57,59-70,72-75,77-83H,3-4,6,8-10,12,14-15,20,23-36,38,40-44,46,48-52H2,1-2H3,(H,71,76)/b7-5-,13-11-,18-16+,19-17-,22-21-,39-37+,47-45+. The van der Waals surface area contributed by atoms with Crippen LogP contribution in [0.25, 0.3) is 0 Å². The summed E-state index contributed by atoms with van der Waals surface area (Å²) in [6.07, 6.45) is 38.5. The zero-order valence-electron chi connectivity index (χ0n) is 54.1. The van der Waals surface area contributed by atoms with Gasteiger partial charge in [0.1, 0.15) is 73.2 Å². The molecule has 3 rings (SSSR count). The number of carbonyl (C=O) groups is 1. The Bertz CT molecular complexity index is 1940. The van der Waals surface area contributed by atoms with Crippen LogP contribution in [-0.4, -0.2) is 193 Å². The van der Waals surface area contributed by atoms with Crippen molar-refractivity contribution < 1.29 is 89.4 Å². The Morgan fingerprint density at radius 1 is 0.416 bits per heavy atom. The number of ether oxygens (including phenoxy) is 6. The molecule has 19 nitrogen and oxygen atoms in total. The molecule has 3 aliphatic rings. The maximum Gasteiger partial charge on any atom is 0.220 e. The van der Waals surface area contributed by atoms with Gasteiger partial charge in [-0.25, -0.2) is 0 Å². The van der Waals surface area contributed by atoms with Crippen LogP contribution in [0.1, 0.15) is 219 Å². The number of unbranched alkanes of at least 4 members (excludes halogenated alkanes) is 23. The predicted molar refractivity (Wildman–Crippen MR) is 346 cm³/mol. The minimum Gasteiger partial charge on any atom is -0.394 e. The number of rotatable bonds is 51. The molecule has 0 saturated carbocycles. The summed E-state index contributed by atoms with van der Waals surface area (Å²) < 4.78 is 34.3. The van der Waals surface area contributed by atoms with E-state index in [0.29, 0.717) is 12.8 Å². The first-order valence-electron chi connectivity index (χ1n) is 34.3. The van der Waals surface area contributed by atoms with Gasteiger partial charge in [-0.2, -0.15) is 0 Å². The molecular weight excluding hydrogens is 1140 g/mol. The molecule has 0 radical (unpaired) electrons. The lowest BCUT2D eigenvalue weighted by molar-refractivity contribution is -0.379. The maximum absolute atomic E-state index is 13.4. The molecule has 17 atom stereocenters. The molecule has 19 heteroatoms. The number of amides is 1. The fourth-order valence-corrected chi connectivity index (χ4v) is 11.1. The van der Waals surface area contributed by atoms with E-state index in [1.807, 2.05) is 6.08 Å². The van der Waals surface area contributed by atoms with Gasteiger partial charge in [0.2, 0.25) is 5.91 Å². The molecule has 0 aromatic rings. The number of aliphatic hydroxyl groups excluding tert-OH is 11. The second-order valence-electron chi connectivity index (χ2n) is 24.2. The third-order valence-corrected chi connectivity index (χ3v) is 16.7.